The van der Waals surface area contributed by atoms with Gasteiger partial charge in [-0.25, -0.2) is 4.68 Å². The highest BCUT2D eigenvalue weighted by molar-refractivity contribution is 5.85. The van der Waals surface area contributed by atoms with E-state index in [1.165, 1.54) is 4.68 Å². The smallest absolute Gasteiger partial charge is 0.327 e. The van der Waals surface area contributed by atoms with E-state index in [0.29, 0.717) is 24.5 Å². The van der Waals surface area contributed by atoms with Gasteiger partial charge in [0.2, 0.25) is 0 Å². The van der Waals surface area contributed by atoms with Gasteiger partial charge in [0.25, 0.3) is 5.56 Å². The van der Waals surface area contributed by atoms with Gasteiger partial charge in [0.05, 0.1) is 18.2 Å². The van der Waals surface area contributed by atoms with Gasteiger partial charge in [0.1, 0.15) is 6.54 Å². The lowest BCUT2D eigenvalue weighted by atomic mass is 9.99. The van der Waals surface area contributed by atoms with E-state index in [0.717, 1.165) is 27.6 Å². The summed E-state index contributed by atoms with van der Waals surface area (Å²) in [6.07, 6.45) is 0. The molecule has 0 unspecified atom stereocenters. The molecule has 0 aliphatic rings. The number of pyridine rings is 1. The number of hydrogen-bond acceptors (Lipinski definition) is 7. The number of benzene rings is 2. The van der Waals surface area contributed by atoms with Gasteiger partial charge < -0.3 is 9.72 Å². The Hall–Kier alpha value is -3.85. The first-order valence-electron chi connectivity index (χ1n) is 12.6. The molecule has 0 bridgehead atoms. The van der Waals surface area contributed by atoms with Gasteiger partial charge in [0, 0.05) is 24.0 Å². The number of ether oxygens (including phenoxy) is 1. The van der Waals surface area contributed by atoms with E-state index in [2.05, 4.69) is 57.5 Å². The average molecular weight is 503 g/mol. The fourth-order valence-corrected chi connectivity index (χ4v) is 4.77. The molecule has 2 aromatic heterocycles. The second-order valence-electron chi connectivity index (χ2n) is 9.69. The Morgan fingerprint density at radius 2 is 1.81 bits per heavy atom. The molecule has 0 radical (unpaired) electrons. The van der Waals surface area contributed by atoms with Crippen LogP contribution in [0.5, 0.6) is 0 Å². The number of esters is 1. The van der Waals surface area contributed by atoms with Crippen molar-refractivity contribution in [3.63, 3.8) is 0 Å². The number of nitrogens with one attached hydrogen (secondary N) is 1. The second-order valence-corrected chi connectivity index (χ2v) is 9.69. The van der Waals surface area contributed by atoms with Gasteiger partial charge in [-0.3, -0.25) is 14.5 Å². The molecule has 2 heterocycles. The summed E-state index contributed by atoms with van der Waals surface area (Å²) in [4.78, 5) is 30.8. The molecule has 0 saturated carbocycles. The number of aromatic amines is 1. The van der Waals surface area contributed by atoms with Crippen LogP contribution >= 0.6 is 0 Å². The summed E-state index contributed by atoms with van der Waals surface area (Å²) in [6.45, 7) is 11.1. The van der Waals surface area contributed by atoms with Crippen molar-refractivity contribution in [2.75, 3.05) is 6.61 Å². The molecule has 1 N–H and O–H groups in total. The Morgan fingerprint density at radius 3 is 2.51 bits per heavy atom. The van der Waals surface area contributed by atoms with Gasteiger partial charge in [-0.15, -0.1) is 5.10 Å². The van der Waals surface area contributed by atoms with Crippen LogP contribution in [0.2, 0.25) is 0 Å². The number of rotatable bonds is 10. The highest BCUT2D eigenvalue weighted by Crippen LogP contribution is 2.30. The Balaban J connectivity index is 1.78. The normalized spacial score (nSPS) is 12.4. The van der Waals surface area contributed by atoms with Gasteiger partial charge in [-0.05, 0) is 59.9 Å². The molecule has 9 heteroatoms. The van der Waals surface area contributed by atoms with Gasteiger partial charge >= 0.3 is 5.97 Å². The zero-order valence-corrected chi connectivity index (χ0v) is 22.1. The van der Waals surface area contributed by atoms with E-state index in [9.17, 15) is 9.59 Å². The third kappa shape index (κ3) is 5.94. The molecule has 4 aromatic rings. The highest BCUT2D eigenvalue weighted by atomic mass is 16.5. The number of tetrazole rings is 1. The van der Waals surface area contributed by atoms with Crippen LogP contribution in [0, 0.1) is 19.8 Å². The Labute approximate surface area is 216 Å². The van der Waals surface area contributed by atoms with Crippen molar-refractivity contribution in [3.05, 3.63) is 87.0 Å². The Morgan fingerprint density at radius 1 is 1.08 bits per heavy atom. The number of carbonyl (C=O) groups excluding carboxylic acids is 1. The van der Waals surface area contributed by atoms with Crippen molar-refractivity contribution in [1.29, 1.82) is 0 Å². The number of fused-ring (bicyclic) bond motifs is 1. The molecule has 194 valence electrons. The minimum absolute atomic E-state index is 0.0758. The van der Waals surface area contributed by atoms with E-state index in [1.807, 2.05) is 44.2 Å². The Kier molecular flexibility index (Phi) is 8.13. The lowest BCUT2D eigenvalue weighted by Crippen LogP contribution is -2.35. The molecule has 2 aromatic carbocycles. The maximum absolute atomic E-state index is 13.3. The number of carbonyl (C=O) groups is 1. The number of hydrogen-bond donors (Lipinski definition) is 1. The summed E-state index contributed by atoms with van der Waals surface area (Å²) in [5.41, 5.74) is 4.64. The monoisotopic (exact) mass is 502 g/mol. The van der Waals surface area contributed by atoms with E-state index in [-0.39, 0.29) is 30.7 Å². The zero-order chi connectivity index (χ0) is 26.5. The lowest BCUT2D eigenvalue weighted by Gasteiger charge is -2.33. The standard InChI is InChI=1S/C28H34N6O3/c1-6-37-24(35)17-34-27(30-31-32-34)26(18(2)3)33(15-21-10-8-7-9-11-21)16-22-14-23-19(4)12-13-20(5)25(23)29-28(22)36/h7-14,18,26H,6,15-17H2,1-5H3,(H,29,36)/t26-/m0/s1. The van der Waals surface area contributed by atoms with Crippen LogP contribution in [-0.4, -0.2) is 42.7 Å². The maximum atomic E-state index is 13.3. The van der Waals surface area contributed by atoms with Crippen LogP contribution < -0.4 is 5.56 Å². The van der Waals surface area contributed by atoms with Gasteiger partial charge in [0.15, 0.2) is 5.82 Å². The zero-order valence-electron chi connectivity index (χ0n) is 22.1. The predicted octanol–water partition coefficient (Wildman–Crippen LogP) is 4.09. The topological polar surface area (TPSA) is 106 Å². The van der Waals surface area contributed by atoms with Crippen LogP contribution in [0.1, 0.15) is 54.9 Å². The minimum Gasteiger partial charge on any atom is -0.465 e. The van der Waals surface area contributed by atoms with Crippen molar-refractivity contribution >= 4 is 16.9 Å². The first-order chi connectivity index (χ1) is 17.8. The van der Waals surface area contributed by atoms with E-state index >= 15 is 0 Å². The van der Waals surface area contributed by atoms with Crippen molar-refractivity contribution in [2.45, 2.75) is 60.3 Å². The van der Waals surface area contributed by atoms with Crippen LogP contribution in [0.4, 0.5) is 0 Å². The van der Waals surface area contributed by atoms with E-state index < -0.39 is 5.97 Å². The molecule has 37 heavy (non-hydrogen) atoms. The lowest BCUT2D eigenvalue weighted by molar-refractivity contribution is -0.144. The second kappa shape index (κ2) is 11.5. The third-order valence-electron chi connectivity index (χ3n) is 6.56. The summed E-state index contributed by atoms with van der Waals surface area (Å²) in [6, 6.07) is 15.9. The molecule has 0 aliphatic carbocycles. The summed E-state index contributed by atoms with van der Waals surface area (Å²) >= 11 is 0. The summed E-state index contributed by atoms with van der Waals surface area (Å²) in [5, 5.41) is 13.3. The number of aryl methyl sites for hydroxylation is 2. The van der Waals surface area contributed by atoms with E-state index in [4.69, 9.17) is 4.74 Å². The van der Waals surface area contributed by atoms with Crippen LogP contribution in [0.15, 0.2) is 53.3 Å². The summed E-state index contributed by atoms with van der Waals surface area (Å²) in [7, 11) is 0. The fraction of sp³-hybridized carbons (Fsp3) is 0.393. The van der Waals surface area contributed by atoms with Crippen molar-refractivity contribution in [1.82, 2.24) is 30.1 Å². The molecule has 0 saturated heterocycles. The quantitative estimate of drug-likeness (QED) is 0.326. The molecular formula is C28H34N6O3. The largest absolute Gasteiger partial charge is 0.465 e. The molecule has 0 amide bonds. The van der Waals surface area contributed by atoms with Crippen LogP contribution in [0.25, 0.3) is 10.9 Å². The molecule has 4 rings (SSSR count). The van der Waals surface area contributed by atoms with Gasteiger partial charge in [-0.1, -0.05) is 56.3 Å². The third-order valence-corrected chi connectivity index (χ3v) is 6.56. The first kappa shape index (κ1) is 26.2. The molecule has 0 aliphatic heterocycles. The van der Waals surface area contributed by atoms with Gasteiger partial charge in [-0.2, -0.15) is 0 Å². The molecule has 1 atom stereocenters. The van der Waals surface area contributed by atoms with Crippen LogP contribution in [0.3, 0.4) is 0 Å². The fourth-order valence-electron chi connectivity index (χ4n) is 4.77. The minimum atomic E-state index is -0.398. The average Bonchev–Trinajstić information content (AvgIpc) is 3.30. The SMILES string of the molecule is CCOC(=O)Cn1nnnc1[C@H](C(C)C)N(Cc1ccccc1)Cc1cc2c(C)ccc(C)c2[nH]c1=O. The molecule has 9 nitrogen and oxygen atoms in total. The first-order valence-corrected chi connectivity index (χ1v) is 12.6. The maximum Gasteiger partial charge on any atom is 0.327 e. The highest BCUT2D eigenvalue weighted by Gasteiger charge is 2.30. The van der Waals surface area contributed by atoms with Crippen molar-refractivity contribution < 1.29 is 9.53 Å². The van der Waals surface area contributed by atoms with Crippen LogP contribution in [-0.2, 0) is 29.2 Å². The van der Waals surface area contributed by atoms with E-state index in [1.54, 1.807) is 6.92 Å². The molecular weight excluding hydrogens is 468 g/mol. The number of aromatic nitrogens is 5. The summed E-state index contributed by atoms with van der Waals surface area (Å²) in [5.74, 6) is 0.243. The molecule has 0 fully saturated rings. The summed E-state index contributed by atoms with van der Waals surface area (Å²) < 4.78 is 6.62. The Bertz CT molecular complexity index is 1430. The predicted molar refractivity (Wildman–Crippen MR) is 142 cm³/mol. The molecule has 0 spiro atoms. The number of H-pyrrole nitrogens is 1. The van der Waals surface area contributed by atoms with Crippen molar-refractivity contribution in [3.8, 4) is 0 Å². The number of nitrogens with zero attached hydrogens (tertiary/aromatic N) is 5. The van der Waals surface area contributed by atoms with Crippen molar-refractivity contribution in [2.24, 2.45) is 5.92 Å².